The summed E-state index contributed by atoms with van der Waals surface area (Å²) in [6.45, 7) is 5.69. The fourth-order valence-electron chi connectivity index (χ4n) is 4.38. The molecule has 0 saturated carbocycles. The van der Waals surface area contributed by atoms with Crippen LogP contribution in [-0.4, -0.2) is 41.4 Å². The Morgan fingerprint density at radius 2 is 1.37 bits per heavy atom. The zero-order valence-electron chi connectivity index (χ0n) is 17.7. The molecule has 3 aromatic carbocycles. The van der Waals surface area contributed by atoms with Gasteiger partial charge in [-0.05, 0) is 23.6 Å². The van der Waals surface area contributed by atoms with Gasteiger partial charge in [0.2, 0.25) is 5.91 Å². The number of amides is 1. The van der Waals surface area contributed by atoms with Crippen LogP contribution in [0.15, 0.2) is 91.0 Å². The van der Waals surface area contributed by atoms with Crippen molar-refractivity contribution in [3.63, 3.8) is 0 Å². The van der Waals surface area contributed by atoms with Gasteiger partial charge in [0.15, 0.2) is 0 Å². The predicted molar refractivity (Wildman–Crippen MR) is 122 cm³/mol. The topological polar surface area (TPSA) is 23.6 Å². The highest BCUT2D eigenvalue weighted by molar-refractivity contribution is 5.78. The Kier molecular flexibility index (Phi) is 6.60. The molecule has 0 spiro atoms. The smallest absolute Gasteiger partial charge is 0.223 e. The molecule has 0 aromatic heterocycles. The van der Waals surface area contributed by atoms with E-state index in [4.69, 9.17) is 0 Å². The average molecular weight is 399 g/mol. The maximum absolute atomic E-state index is 13.3. The van der Waals surface area contributed by atoms with Crippen LogP contribution in [0.3, 0.4) is 0 Å². The molecule has 154 valence electrons. The van der Waals surface area contributed by atoms with Gasteiger partial charge in [0.25, 0.3) is 0 Å². The second kappa shape index (κ2) is 9.73. The lowest BCUT2D eigenvalue weighted by Gasteiger charge is -2.40. The van der Waals surface area contributed by atoms with E-state index in [0.717, 1.165) is 26.2 Å². The molecule has 1 fully saturated rings. The number of carbonyl (C=O) groups is 1. The number of hydrogen-bond donors (Lipinski definition) is 0. The molecule has 3 nitrogen and oxygen atoms in total. The Labute approximate surface area is 180 Å². The van der Waals surface area contributed by atoms with Crippen molar-refractivity contribution in [3.05, 3.63) is 108 Å². The van der Waals surface area contributed by atoms with Crippen LogP contribution in [0.4, 0.5) is 0 Å². The van der Waals surface area contributed by atoms with Gasteiger partial charge in [-0.3, -0.25) is 9.69 Å². The van der Waals surface area contributed by atoms with Crippen LogP contribution in [0.1, 0.15) is 36.0 Å². The molecule has 1 atom stereocenters. The third-order valence-electron chi connectivity index (χ3n) is 6.13. The molecule has 30 heavy (non-hydrogen) atoms. The molecule has 0 radical (unpaired) electrons. The van der Waals surface area contributed by atoms with Crippen molar-refractivity contribution >= 4 is 5.91 Å². The summed E-state index contributed by atoms with van der Waals surface area (Å²) in [5, 5.41) is 0. The Balaban J connectivity index is 1.42. The van der Waals surface area contributed by atoms with E-state index in [-0.39, 0.29) is 11.8 Å². The van der Waals surface area contributed by atoms with E-state index in [1.54, 1.807) is 0 Å². The molecule has 1 aliphatic rings. The lowest BCUT2D eigenvalue weighted by molar-refractivity contribution is -0.134. The second-order valence-corrected chi connectivity index (χ2v) is 8.22. The number of hydrogen-bond acceptors (Lipinski definition) is 2. The number of benzene rings is 3. The van der Waals surface area contributed by atoms with Crippen molar-refractivity contribution in [2.75, 3.05) is 19.6 Å². The first-order valence-electron chi connectivity index (χ1n) is 10.9. The Morgan fingerprint density at radius 1 is 0.833 bits per heavy atom. The van der Waals surface area contributed by atoms with Gasteiger partial charge in [-0.15, -0.1) is 0 Å². The van der Waals surface area contributed by atoms with Crippen molar-refractivity contribution in [3.8, 4) is 0 Å². The molecule has 1 saturated heterocycles. The molecule has 3 aromatic rings. The summed E-state index contributed by atoms with van der Waals surface area (Å²) in [5.41, 5.74) is 3.73. The van der Waals surface area contributed by atoms with E-state index in [1.165, 1.54) is 16.7 Å². The number of nitrogens with zero attached hydrogens (tertiary/aromatic N) is 2. The molecule has 1 amide bonds. The van der Waals surface area contributed by atoms with E-state index >= 15 is 0 Å². The first-order valence-corrected chi connectivity index (χ1v) is 10.9. The normalized spacial score (nSPS) is 17.3. The number of piperazine rings is 1. The van der Waals surface area contributed by atoms with Gasteiger partial charge in [-0.2, -0.15) is 0 Å². The van der Waals surface area contributed by atoms with Crippen LogP contribution in [-0.2, 0) is 11.3 Å². The molecule has 1 aliphatic heterocycles. The van der Waals surface area contributed by atoms with Crippen molar-refractivity contribution in [1.82, 2.24) is 9.80 Å². The van der Waals surface area contributed by atoms with Gasteiger partial charge >= 0.3 is 0 Å². The van der Waals surface area contributed by atoms with Gasteiger partial charge < -0.3 is 4.90 Å². The predicted octanol–water partition coefficient (Wildman–Crippen LogP) is 4.94. The molecule has 1 unspecified atom stereocenters. The van der Waals surface area contributed by atoms with Crippen LogP contribution in [0, 0.1) is 0 Å². The van der Waals surface area contributed by atoms with Crippen LogP contribution in [0.25, 0.3) is 0 Å². The summed E-state index contributed by atoms with van der Waals surface area (Å²) in [6, 6.07) is 31.7. The average Bonchev–Trinajstić information content (AvgIpc) is 2.80. The first kappa shape index (κ1) is 20.4. The van der Waals surface area contributed by atoms with E-state index < -0.39 is 0 Å². The standard InChI is InChI=1S/C27H30N2O/c1-22-20-29(18-17-28(22)21-23-11-5-2-6-12-23)27(30)19-26(24-13-7-3-8-14-24)25-15-9-4-10-16-25/h2-16,22,26H,17-21H2,1H3. The van der Waals surface area contributed by atoms with Crippen molar-refractivity contribution in [2.24, 2.45) is 0 Å². The van der Waals surface area contributed by atoms with Crippen molar-refractivity contribution in [2.45, 2.75) is 31.8 Å². The van der Waals surface area contributed by atoms with E-state index in [1.807, 2.05) is 12.1 Å². The van der Waals surface area contributed by atoms with Crippen LogP contribution >= 0.6 is 0 Å². The second-order valence-electron chi connectivity index (χ2n) is 8.22. The summed E-state index contributed by atoms with van der Waals surface area (Å²) in [7, 11) is 0. The molecule has 0 bridgehead atoms. The van der Waals surface area contributed by atoms with Gasteiger partial charge in [-0.1, -0.05) is 91.0 Å². The monoisotopic (exact) mass is 398 g/mol. The maximum Gasteiger partial charge on any atom is 0.223 e. The summed E-state index contributed by atoms with van der Waals surface area (Å²) in [4.78, 5) is 17.8. The quantitative estimate of drug-likeness (QED) is 0.587. The Hall–Kier alpha value is -2.91. The summed E-state index contributed by atoms with van der Waals surface area (Å²) in [5.74, 6) is 0.344. The zero-order valence-corrected chi connectivity index (χ0v) is 17.7. The van der Waals surface area contributed by atoms with Crippen molar-refractivity contribution in [1.29, 1.82) is 0 Å². The molecule has 1 heterocycles. The first-order chi connectivity index (χ1) is 14.7. The van der Waals surface area contributed by atoms with E-state index in [0.29, 0.717) is 12.5 Å². The highest BCUT2D eigenvalue weighted by Crippen LogP contribution is 2.29. The minimum absolute atomic E-state index is 0.0950. The maximum atomic E-state index is 13.3. The summed E-state index contributed by atoms with van der Waals surface area (Å²) >= 11 is 0. The Bertz CT molecular complexity index is 887. The van der Waals surface area contributed by atoms with E-state index in [2.05, 4.69) is 95.6 Å². The fraction of sp³-hybridized carbons (Fsp3) is 0.296. The fourth-order valence-corrected chi connectivity index (χ4v) is 4.38. The molecule has 0 N–H and O–H groups in total. The molecule has 3 heteroatoms. The number of rotatable bonds is 6. The minimum atomic E-state index is 0.0950. The van der Waals surface area contributed by atoms with E-state index in [9.17, 15) is 4.79 Å². The van der Waals surface area contributed by atoms with Crippen LogP contribution in [0.2, 0.25) is 0 Å². The minimum Gasteiger partial charge on any atom is -0.340 e. The highest BCUT2D eigenvalue weighted by Gasteiger charge is 2.28. The van der Waals surface area contributed by atoms with Gasteiger partial charge in [0.1, 0.15) is 0 Å². The lowest BCUT2D eigenvalue weighted by Crippen LogP contribution is -2.53. The summed E-state index contributed by atoms with van der Waals surface area (Å²) in [6.07, 6.45) is 0.513. The molecule has 4 rings (SSSR count). The van der Waals surface area contributed by atoms with Gasteiger partial charge in [0.05, 0.1) is 0 Å². The molecular formula is C27H30N2O. The van der Waals surface area contributed by atoms with Crippen molar-refractivity contribution < 1.29 is 4.79 Å². The lowest BCUT2D eigenvalue weighted by atomic mass is 9.88. The van der Waals surface area contributed by atoms with Crippen LogP contribution < -0.4 is 0 Å². The summed E-state index contributed by atoms with van der Waals surface area (Å²) < 4.78 is 0. The highest BCUT2D eigenvalue weighted by atomic mass is 16.2. The third-order valence-corrected chi connectivity index (χ3v) is 6.13. The zero-order chi connectivity index (χ0) is 20.8. The third kappa shape index (κ3) is 4.98. The van der Waals surface area contributed by atoms with Gasteiger partial charge in [-0.25, -0.2) is 0 Å². The SMILES string of the molecule is CC1CN(C(=O)CC(c2ccccc2)c2ccccc2)CCN1Cc1ccccc1. The largest absolute Gasteiger partial charge is 0.340 e. The van der Waals surface area contributed by atoms with Gasteiger partial charge in [0, 0.05) is 44.6 Å². The Morgan fingerprint density at radius 3 is 1.90 bits per heavy atom. The molecule has 0 aliphatic carbocycles. The van der Waals surface area contributed by atoms with Crippen LogP contribution in [0.5, 0.6) is 0 Å². The molecular weight excluding hydrogens is 368 g/mol. The number of carbonyl (C=O) groups excluding carboxylic acids is 1.